The first-order valence-corrected chi connectivity index (χ1v) is 13.6. The fourth-order valence-corrected chi connectivity index (χ4v) is 6.47. The first kappa shape index (κ1) is 25.8. The SMILES string of the molecule is N#C/C(=C\c1cc(Cl)c(OCc2cccc3ccccc23)c(Cl)c1)C(=O)Nc1sc2c(c1C#N)CCCC2. The van der Waals surface area contributed by atoms with Crippen molar-refractivity contribution in [3.63, 3.8) is 0 Å². The first-order chi connectivity index (χ1) is 18.5. The van der Waals surface area contributed by atoms with Crippen LogP contribution < -0.4 is 10.1 Å². The quantitative estimate of drug-likeness (QED) is 0.192. The number of benzene rings is 3. The Hall–Kier alpha value is -3.81. The number of hydrogen-bond acceptors (Lipinski definition) is 5. The minimum absolute atomic E-state index is 0.128. The Morgan fingerprint density at radius 1 is 1.05 bits per heavy atom. The molecule has 0 atom stereocenters. The van der Waals surface area contributed by atoms with Crippen LogP contribution in [0.15, 0.2) is 60.2 Å². The fourth-order valence-electron chi connectivity index (χ4n) is 4.63. The summed E-state index contributed by atoms with van der Waals surface area (Å²) in [6.45, 7) is 0.272. The van der Waals surface area contributed by atoms with E-state index in [2.05, 4.69) is 11.4 Å². The second kappa shape index (κ2) is 11.3. The van der Waals surface area contributed by atoms with Gasteiger partial charge in [0, 0.05) is 4.88 Å². The van der Waals surface area contributed by atoms with Crippen molar-refractivity contribution in [1.29, 1.82) is 10.5 Å². The zero-order valence-electron chi connectivity index (χ0n) is 20.2. The molecule has 1 heterocycles. The summed E-state index contributed by atoms with van der Waals surface area (Å²) < 4.78 is 5.98. The predicted octanol–water partition coefficient (Wildman–Crippen LogP) is 8.08. The summed E-state index contributed by atoms with van der Waals surface area (Å²) in [6, 6.07) is 21.4. The van der Waals surface area contributed by atoms with E-state index in [-0.39, 0.29) is 22.2 Å². The number of aryl methyl sites for hydroxylation is 1. The molecule has 38 heavy (non-hydrogen) atoms. The summed E-state index contributed by atoms with van der Waals surface area (Å²) in [5, 5.41) is 25.3. The Kier molecular flexibility index (Phi) is 7.67. The van der Waals surface area contributed by atoms with E-state index in [9.17, 15) is 15.3 Å². The van der Waals surface area contributed by atoms with Crippen molar-refractivity contribution in [3.05, 3.63) is 97.3 Å². The van der Waals surface area contributed by atoms with Gasteiger partial charge < -0.3 is 10.1 Å². The molecule has 0 radical (unpaired) electrons. The summed E-state index contributed by atoms with van der Waals surface area (Å²) in [4.78, 5) is 14.1. The molecule has 0 bridgehead atoms. The highest BCUT2D eigenvalue weighted by molar-refractivity contribution is 7.16. The monoisotopic (exact) mass is 557 g/mol. The van der Waals surface area contributed by atoms with Gasteiger partial charge in [-0.05, 0) is 71.4 Å². The predicted molar refractivity (Wildman–Crippen MR) is 153 cm³/mol. The van der Waals surface area contributed by atoms with Gasteiger partial charge >= 0.3 is 0 Å². The van der Waals surface area contributed by atoms with Gasteiger partial charge in [0.25, 0.3) is 5.91 Å². The molecule has 4 aromatic rings. The summed E-state index contributed by atoms with van der Waals surface area (Å²) in [6.07, 6.45) is 5.24. The standard InChI is InChI=1S/C30H21Cl2N3O2S/c31-25-13-18(14-26(32)28(25)37-17-20-8-5-7-19-6-1-2-9-22(19)20)12-21(15-33)29(36)35-30-24(16-34)23-10-3-4-11-27(23)38-30/h1-2,5-9,12-14H,3-4,10-11,17H2,(H,35,36)/b21-12+. The topological polar surface area (TPSA) is 85.9 Å². The highest BCUT2D eigenvalue weighted by atomic mass is 35.5. The van der Waals surface area contributed by atoms with Crippen molar-refractivity contribution in [3.8, 4) is 17.9 Å². The van der Waals surface area contributed by atoms with E-state index >= 15 is 0 Å². The van der Waals surface area contributed by atoms with Crippen LogP contribution in [0, 0.1) is 22.7 Å². The van der Waals surface area contributed by atoms with Crippen LogP contribution in [-0.4, -0.2) is 5.91 Å². The number of rotatable bonds is 6. The molecule has 0 fully saturated rings. The molecule has 5 nitrogen and oxygen atoms in total. The molecule has 188 valence electrons. The van der Waals surface area contributed by atoms with Crippen LogP contribution in [0.3, 0.4) is 0 Å². The maximum atomic E-state index is 12.9. The van der Waals surface area contributed by atoms with Gasteiger partial charge in [0.2, 0.25) is 0 Å². The molecule has 0 saturated heterocycles. The van der Waals surface area contributed by atoms with Crippen molar-refractivity contribution in [2.24, 2.45) is 0 Å². The summed E-state index contributed by atoms with van der Waals surface area (Å²) >= 11 is 14.4. The van der Waals surface area contributed by atoms with Crippen molar-refractivity contribution in [2.75, 3.05) is 5.32 Å². The number of hydrogen-bond donors (Lipinski definition) is 1. The number of carbonyl (C=O) groups excluding carboxylic acids is 1. The second-order valence-corrected chi connectivity index (χ2v) is 10.8. The Morgan fingerprint density at radius 3 is 2.55 bits per heavy atom. The van der Waals surface area contributed by atoms with Crippen LogP contribution in [0.1, 0.15) is 40.0 Å². The maximum Gasteiger partial charge on any atom is 0.266 e. The van der Waals surface area contributed by atoms with Crippen LogP contribution in [0.25, 0.3) is 16.8 Å². The van der Waals surface area contributed by atoms with E-state index in [1.807, 2.05) is 48.5 Å². The minimum atomic E-state index is -0.592. The molecule has 1 aliphatic rings. The molecule has 1 N–H and O–H groups in total. The Balaban J connectivity index is 1.35. The lowest BCUT2D eigenvalue weighted by molar-refractivity contribution is -0.112. The molecular formula is C30H21Cl2N3O2S. The number of anilines is 1. The molecule has 1 aromatic heterocycles. The van der Waals surface area contributed by atoms with Crippen molar-refractivity contribution in [2.45, 2.75) is 32.3 Å². The zero-order valence-corrected chi connectivity index (χ0v) is 22.5. The second-order valence-electron chi connectivity index (χ2n) is 8.89. The number of nitriles is 2. The lowest BCUT2D eigenvalue weighted by Crippen LogP contribution is -2.13. The zero-order chi connectivity index (χ0) is 26.6. The van der Waals surface area contributed by atoms with Gasteiger partial charge in [-0.3, -0.25) is 4.79 Å². The van der Waals surface area contributed by atoms with E-state index in [4.69, 9.17) is 27.9 Å². The number of nitrogens with one attached hydrogen (secondary N) is 1. The number of fused-ring (bicyclic) bond motifs is 2. The maximum absolute atomic E-state index is 12.9. The Morgan fingerprint density at radius 2 is 1.79 bits per heavy atom. The molecule has 3 aromatic carbocycles. The van der Waals surface area contributed by atoms with E-state index in [0.29, 0.717) is 21.9 Å². The largest absolute Gasteiger partial charge is 0.486 e. The van der Waals surface area contributed by atoms with E-state index < -0.39 is 5.91 Å². The first-order valence-electron chi connectivity index (χ1n) is 12.0. The van der Waals surface area contributed by atoms with Crippen molar-refractivity contribution >= 4 is 62.3 Å². The van der Waals surface area contributed by atoms with Crippen LogP contribution in [0.4, 0.5) is 5.00 Å². The number of amides is 1. The lowest BCUT2D eigenvalue weighted by atomic mass is 9.96. The summed E-state index contributed by atoms with van der Waals surface area (Å²) in [5.74, 6) is -0.268. The van der Waals surface area contributed by atoms with Gasteiger partial charge in [-0.15, -0.1) is 11.3 Å². The summed E-state index contributed by atoms with van der Waals surface area (Å²) in [7, 11) is 0. The lowest BCUT2D eigenvalue weighted by Gasteiger charge is -2.13. The van der Waals surface area contributed by atoms with E-state index in [1.165, 1.54) is 17.4 Å². The highest BCUT2D eigenvalue weighted by Gasteiger charge is 2.23. The van der Waals surface area contributed by atoms with Gasteiger partial charge in [0.05, 0.1) is 15.6 Å². The minimum Gasteiger partial charge on any atom is -0.486 e. The molecule has 0 saturated carbocycles. The van der Waals surface area contributed by atoms with Gasteiger partial charge in [0.15, 0.2) is 5.75 Å². The van der Waals surface area contributed by atoms with Crippen LogP contribution >= 0.6 is 34.5 Å². The summed E-state index contributed by atoms with van der Waals surface area (Å²) in [5.41, 5.74) is 2.86. The van der Waals surface area contributed by atoms with Gasteiger partial charge in [0.1, 0.15) is 29.3 Å². The third kappa shape index (κ3) is 5.26. The van der Waals surface area contributed by atoms with Gasteiger partial charge in [-0.25, -0.2) is 0 Å². The molecule has 0 unspecified atom stereocenters. The van der Waals surface area contributed by atoms with Crippen LogP contribution in [-0.2, 0) is 24.2 Å². The average molecular weight is 558 g/mol. The molecule has 1 aliphatic carbocycles. The smallest absolute Gasteiger partial charge is 0.266 e. The molecule has 0 aliphatic heterocycles. The highest BCUT2D eigenvalue weighted by Crippen LogP contribution is 2.38. The Labute approximate surface area is 234 Å². The molecule has 1 amide bonds. The normalized spacial score (nSPS) is 12.9. The average Bonchev–Trinajstić information content (AvgIpc) is 3.28. The van der Waals surface area contributed by atoms with Gasteiger partial charge in [-0.2, -0.15) is 10.5 Å². The van der Waals surface area contributed by atoms with Crippen LogP contribution in [0.2, 0.25) is 10.0 Å². The third-order valence-electron chi connectivity index (χ3n) is 6.46. The van der Waals surface area contributed by atoms with Gasteiger partial charge in [-0.1, -0.05) is 65.7 Å². The van der Waals surface area contributed by atoms with Crippen LogP contribution in [0.5, 0.6) is 5.75 Å². The molecular weight excluding hydrogens is 537 g/mol. The number of ether oxygens (including phenoxy) is 1. The number of nitrogens with zero attached hydrogens (tertiary/aromatic N) is 2. The van der Waals surface area contributed by atoms with Crippen molar-refractivity contribution in [1.82, 2.24) is 0 Å². The molecule has 0 spiro atoms. The number of halogens is 2. The number of thiophene rings is 1. The number of carbonyl (C=O) groups is 1. The fraction of sp³-hybridized carbons (Fsp3) is 0.167. The van der Waals surface area contributed by atoms with Crippen molar-refractivity contribution < 1.29 is 9.53 Å². The molecule has 8 heteroatoms. The molecule has 5 rings (SSSR count). The van der Waals surface area contributed by atoms with E-state index in [1.54, 1.807) is 12.1 Å². The Bertz CT molecular complexity index is 1650. The third-order valence-corrected chi connectivity index (χ3v) is 8.23. The van der Waals surface area contributed by atoms with E-state index in [0.717, 1.165) is 52.5 Å².